The Labute approximate surface area is 105 Å². The summed E-state index contributed by atoms with van der Waals surface area (Å²) in [5.74, 6) is -1.56. The van der Waals surface area contributed by atoms with Crippen molar-refractivity contribution in [2.75, 3.05) is 6.54 Å². The van der Waals surface area contributed by atoms with Crippen molar-refractivity contribution in [3.8, 4) is 0 Å². The van der Waals surface area contributed by atoms with Gasteiger partial charge < -0.3 is 10.6 Å². The molecular weight excluding hydrogens is 235 g/mol. The van der Waals surface area contributed by atoms with E-state index in [9.17, 15) is 14.0 Å². The molecule has 0 atom stereocenters. The van der Waals surface area contributed by atoms with Gasteiger partial charge in [0.1, 0.15) is 5.82 Å². The normalized spacial score (nSPS) is 14.1. The van der Waals surface area contributed by atoms with Gasteiger partial charge in [-0.3, -0.25) is 9.59 Å². The van der Waals surface area contributed by atoms with Crippen molar-refractivity contribution in [2.24, 2.45) is 0 Å². The van der Waals surface area contributed by atoms with E-state index < -0.39 is 11.8 Å². The SMILES string of the molecule is O=C(NCCc1ccccc1F)C(=O)NC1CC1. The minimum absolute atomic E-state index is 0.162. The number of rotatable bonds is 4. The van der Waals surface area contributed by atoms with Gasteiger partial charge in [-0.25, -0.2) is 4.39 Å². The average Bonchev–Trinajstić information content (AvgIpc) is 3.15. The molecule has 1 aliphatic carbocycles. The van der Waals surface area contributed by atoms with E-state index in [0.29, 0.717) is 12.0 Å². The van der Waals surface area contributed by atoms with Crippen LogP contribution in [0.4, 0.5) is 4.39 Å². The predicted octanol–water partition coefficient (Wildman–Crippen LogP) is 0.763. The molecule has 0 spiro atoms. The Morgan fingerprint density at radius 2 is 1.94 bits per heavy atom. The molecule has 96 valence electrons. The fourth-order valence-electron chi connectivity index (χ4n) is 1.57. The zero-order valence-electron chi connectivity index (χ0n) is 9.91. The van der Waals surface area contributed by atoms with Crippen LogP contribution in [0.25, 0.3) is 0 Å². The Kier molecular flexibility index (Phi) is 3.92. The Morgan fingerprint density at radius 3 is 2.61 bits per heavy atom. The molecule has 2 rings (SSSR count). The summed E-state index contributed by atoms with van der Waals surface area (Å²) in [5.41, 5.74) is 0.528. The van der Waals surface area contributed by atoms with Crippen molar-refractivity contribution in [1.82, 2.24) is 10.6 Å². The third-order valence-electron chi connectivity index (χ3n) is 2.76. The maximum Gasteiger partial charge on any atom is 0.309 e. The van der Waals surface area contributed by atoms with Crippen LogP contribution in [0.2, 0.25) is 0 Å². The number of nitrogens with one attached hydrogen (secondary N) is 2. The summed E-state index contributed by atoms with van der Waals surface area (Å²) in [5, 5.41) is 5.06. The lowest BCUT2D eigenvalue weighted by Gasteiger charge is -2.06. The lowest BCUT2D eigenvalue weighted by atomic mass is 10.1. The van der Waals surface area contributed by atoms with Crippen molar-refractivity contribution >= 4 is 11.8 Å². The van der Waals surface area contributed by atoms with Crippen LogP contribution in [0, 0.1) is 5.82 Å². The van der Waals surface area contributed by atoms with E-state index in [-0.39, 0.29) is 18.4 Å². The molecule has 1 fully saturated rings. The monoisotopic (exact) mass is 250 g/mol. The minimum atomic E-state index is -0.654. The molecule has 0 unspecified atom stereocenters. The quantitative estimate of drug-likeness (QED) is 0.775. The van der Waals surface area contributed by atoms with Gasteiger partial charge in [0.2, 0.25) is 0 Å². The molecule has 1 saturated carbocycles. The van der Waals surface area contributed by atoms with E-state index in [0.717, 1.165) is 12.8 Å². The molecule has 1 aromatic rings. The van der Waals surface area contributed by atoms with Crippen LogP contribution >= 0.6 is 0 Å². The lowest BCUT2D eigenvalue weighted by Crippen LogP contribution is -2.41. The minimum Gasteiger partial charge on any atom is -0.348 e. The average molecular weight is 250 g/mol. The second kappa shape index (κ2) is 5.62. The second-order valence-electron chi connectivity index (χ2n) is 4.35. The third kappa shape index (κ3) is 3.55. The zero-order valence-corrected chi connectivity index (χ0v) is 9.91. The molecule has 0 aromatic heterocycles. The highest BCUT2D eigenvalue weighted by molar-refractivity contribution is 6.35. The smallest absolute Gasteiger partial charge is 0.309 e. The first-order valence-corrected chi connectivity index (χ1v) is 5.99. The van der Waals surface area contributed by atoms with Crippen molar-refractivity contribution in [3.05, 3.63) is 35.6 Å². The molecule has 4 nitrogen and oxygen atoms in total. The molecule has 5 heteroatoms. The predicted molar refractivity (Wildman–Crippen MR) is 64.3 cm³/mol. The highest BCUT2D eigenvalue weighted by atomic mass is 19.1. The van der Waals surface area contributed by atoms with E-state index in [1.54, 1.807) is 18.2 Å². The maximum absolute atomic E-state index is 13.3. The number of benzene rings is 1. The van der Waals surface area contributed by atoms with E-state index in [1.165, 1.54) is 6.07 Å². The largest absolute Gasteiger partial charge is 0.348 e. The van der Waals surface area contributed by atoms with Crippen LogP contribution in [0.5, 0.6) is 0 Å². The molecule has 0 radical (unpaired) electrons. The van der Waals surface area contributed by atoms with Crippen LogP contribution in [0.1, 0.15) is 18.4 Å². The molecule has 0 saturated heterocycles. The van der Waals surface area contributed by atoms with Crippen LogP contribution in [0.3, 0.4) is 0 Å². The Bertz CT molecular complexity index is 458. The van der Waals surface area contributed by atoms with Crippen LogP contribution in [-0.4, -0.2) is 24.4 Å². The zero-order chi connectivity index (χ0) is 13.0. The molecule has 0 aliphatic heterocycles. The van der Waals surface area contributed by atoms with E-state index in [2.05, 4.69) is 10.6 Å². The molecule has 2 N–H and O–H groups in total. The van der Waals surface area contributed by atoms with E-state index in [4.69, 9.17) is 0 Å². The van der Waals surface area contributed by atoms with Crippen LogP contribution < -0.4 is 10.6 Å². The number of carbonyl (C=O) groups excluding carboxylic acids is 2. The molecule has 1 aromatic carbocycles. The number of hydrogen-bond acceptors (Lipinski definition) is 2. The fraction of sp³-hybridized carbons (Fsp3) is 0.385. The molecule has 18 heavy (non-hydrogen) atoms. The van der Waals surface area contributed by atoms with Gasteiger partial charge >= 0.3 is 11.8 Å². The summed E-state index contributed by atoms with van der Waals surface area (Å²) in [4.78, 5) is 22.7. The fourth-order valence-corrected chi connectivity index (χ4v) is 1.57. The van der Waals surface area contributed by atoms with Crippen molar-refractivity contribution in [2.45, 2.75) is 25.3 Å². The van der Waals surface area contributed by atoms with E-state index >= 15 is 0 Å². The molecule has 0 bridgehead atoms. The Hall–Kier alpha value is -1.91. The van der Waals surface area contributed by atoms with Gasteiger partial charge in [-0.05, 0) is 30.9 Å². The standard InChI is InChI=1S/C13H15FN2O2/c14-11-4-2-1-3-9(11)7-8-15-12(17)13(18)16-10-5-6-10/h1-4,10H,5-8H2,(H,15,17)(H,16,18). The summed E-state index contributed by atoms with van der Waals surface area (Å²) in [6, 6.07) is 6.54. The molecule has 0 heterocycles. The summed E-state index contributed by atoms with van der Waals surface area (Å²) >= 11 is 0. The number of carbonyl (C=O) groups is 2. The first-order valence-electron chi connectivity index (χ1n) is 5.99. The number of halogens is 1. The van der Waals surface area contributed by atoms with Gasteiger partial charge in [-0.2, -0.15) is 0 Å². The van der Waals surface area contributed by atoms with Gasteiger partial charge in [-0.15, -0.1) is 0 Å². The lowest BCUT2D eigenvalue weighted by molar-refractivity contribution is -0.139. The van der Waals surface area contributed by atoms with Gasteiger partial charge in [0.15, 0.2) is 0 Å². The van der Waals surface area contributed by atoms with Crippen molar-refractivity contribution < 1.29 is 14.0 Å². The topological polar surface area (TPSA) is 58.2 Å². The first-order chi connectivity index (χ1) is 8.66. The summed E-state index contributed by atoms with van der Waals surface area (Å²) < 4.78 is 13.3. The molecule has 2 amide bonds. The van der Waals surface area contributed by atoms with Crippen molar-refractivity contribution in [1.29, 1.82) is 0 Å². The number of amides is 2. The van der Waals surface area contributed by atoms with Gasteiger partial charge in [0.05, 0.1) is 0 Å². The van der Waals surface area contributed by atoms with Gasteiger partial charge in [-0.1, -0.05) is 18.2 Å². The van der Waals surface area contributed by atoms with Gasteiger partial charge in [0, 0.05) is 12.6 Å². The first kappa shape index (κ1) is 12.5. The highest BCUT2D eigenvalue weighted by Crippen LogP contribution is 2.18. The maximum atomic E-state index is 13.3. The number of hydrogen-bond donors (Lipinski definition) is 2. The van der Waals surface area contributed by atoms with Gasteiger partial charge in [0.25, 0.3) is 0 Å². The second-order valence-corrected chi connectivity index (χ2v) is 4.35. The summed E-state index contributed by atoms with van der Waals surface area (Å²) in [7, 11) is 0. The Morgan fingerprint density at radius 1 is 1.22 bits per heavy atom. The van der Waals surface area contributed by atoms with Crippen LogP contribution in [0.15, 0.2) is 24.3 Å². The summed E-state index contributed by atoms with van der Waals surface area (Å²) in [6.45, 7) is 0.248. The molecule has 1 aliphatic rings. The van der Waals surface area contributed by atoms with Crippen LogP contribution in [-0.2, 0) is 16.0 Å². The third-order valence-corrected chi connectivity index (χ3v) is 2.76. The van der Waals surface area contributed by atoms with Crippen molar-refractivity contribution in [3.63, 3.8) is 0 Å². The summed E-state index contributed by atoms with van der Waals surface area (Å²) in [6.07, 6.45) is 2.25. The molecular formula is C13H15FN2O2. The highest BCUT2D eigenvalue weighted by Gasteiger charge is 2.26. The van der Waals surface area contributed by atoms with E-state index in [1.807, 2.05) is 0 Å². The Balaban J connectivity index is 1.72.